The number of carbonyl (C=O) groups is 1. The van der Waals surface area contributed by atoms with Crippen LogP contribution in [0.5, 0.6) is 0 Å². The molecule has 1 amide bonds. The Hall–Kier alpha value is -1.02. The lowest BCUT2D eigenvalue weighted by Crippen LogP contribution is -2.36. The summed E-state index contributed by atoms with van der Waals surface area (Å²) < 4.78 is 0. The zero-order valence-electron chi connectivity index (χ0n) is 10.5. The summed E-state index contributed by atoms with van der Waals surface area (Å²) in [6.07, 6.45) is 6.85. The summed E-state index contributed by atoms with van der Waals surface area (Å²) in [5, 5.41) is 0.699. The summed E-state index contributed by atoms with van der Waals surface area (Å²) in [5.74, 6) is 0.324. The van der Waals surface area contributed by atoms with E-state index in [0.29, 0.717) is 10.9 Å². The average Bonchev–Trinajstić information content (AvgIpc) is 2.68. The highest BCUT2D eigenvalue weighted by molar-refractivity contribution is 6.31. The molecule has 1 spiro atoms. The molecule has 1 aliphatic carbocycles. The van der Waals surface area contributed by atoms with E-state index in [1.54, 1.807) is 0 Å². The topological polar surface area (TPSA) is 20.3 Å². The second-order valence-electron chi connectivity index (χ2n) is 5.53. The molecular weight excluding hydrogens is 246 g/mol. The molecule has 0 unspecified atom stereocenters. The van der Waals surface area contributed by atoms with Crippen LogP contribution in [0.25, 0.3) is 0 Å². The van der Waals surface area contributed by atoms with E-state index in [9.17, 15) is 4.79 Å². The van der Waals surface area contributed by atoms with Gasteiger partial charge in [0.1, 0.15) is 0 Å². The maximum Gasteiger partial charge on any atom is 0.233 e. The van der Waals surface area contributed by atoms with Gasteiger partial charge in [-0.25, -0.2) is 0 Å². The molecule has 1 saturated carbocycles. The smallest absolute Gasteiger partial charge is 0.233 e. The largest absolute Gasteiger partial charge is 0.312 e. The van der Waals surface area contributed by atoms with Gasteiger partial charge in [0.05, 0.1) is 5.41 Å². The van der Waals surface area contributed by atoms with Gasteiger partial charge in [-0.1, -0.05) is 36.9 Å². The maximum absolute atomic E-state index is 12.7. The van der Waals surface area contributed by atoms with Gasteiger partial charge < -0.3 is 4.90 Å². The standard InChI is InChI=1S/C15H18ClNO/c16-12-5-4-6-13(11-12)17-10-9-15(14(17)18)7-2-1-3-8-15/h4-6,11H,1-3,7-10H2. The molecule has 3 rings (SSSR count). The quantitative estimate of drug-likeness (QED) is 0.749. The van der Waals surface area contributed by atoms with Gasteiger partial charge >= 0.3 is 0 Å². The molecule has 2 nitrogen and oxygen atoms in total. The van der Waals surface area contributed by atoms with Crippen molar-refractivity contribution in [2.24, 2.45) is 5.41 Å². The first-order chi connectivity index (χ1) is 8.71. The van der Waals surface area contributed by atoms with E-state index in [-0.39, 0.29) is 5.41 Å². The molecule has 0 atom stereocenters. The fourth-order valence-corrected chi connectivity index (χ4v) is 3.59. The number of halogens is 1. The van der Waals surface area contributed by atoms with Gasteiger partial charge in [0, 0.05) is 17.3 Å². The normalized spacial score (nSPS) is 22.7. The molecule has 18 heavy (non-hydrogen) atoms. The highest BCUT2D eigenvalue weighted by Gasteiger charge is 2.47. The Morgan fingerprint density at radius 3 is 2.61 bits per heavy atom. The summed E-state index contributed by atoms with van der Waals surface area (Å²) >= 11 is 6.01. The molecule has 1 heterocycles. The van der Waals surface area contributed by atoms with Crippen molar-refractivity contribution in [3.05, 3.63) is 29.3 Å². The Kier molecular flexibility index (Phi) is 3.06. The van der Waals surface area contributed by atoms with E-state index in [4.69, 9.17) is 11.6 Å². The van der Waals surface area contributed by atoms with Gasteiger partial charge in [-0.05, 0) is 37.5 Å². The molecule has 1 aromatic rings. The number of amides is 1. The Bertz CT molecular complexity index is 465. The fraction of sp³-hybridized carbons (Fsp3) is 0.533. The van der Waals surface area contributed by atoms with Crippen molar-refractivity contribution < 1.29 is 4.79 Å². The number of benzene rings is 1. The van der Waals surface area contributed by atoms with Crippen molar-refractivity contribution in [3.63, 3.8) is 0 Å². The number of hydrogen-bond donors (Lipinski definition) is 0. The van der Waals surface area contributed by atoms with Crippen LogP contribution < -0.4 is 4.90 Å². The monoisotopic (exact) mass is 263 g/mol. The van der Waals surface area contributed by atoms with Crippen LogP contribution in [0.15, 0.2) is 24.3 Å². The van der Waals surface area contributed by atoms with Crippen molar-refractivity contribution in [1.29, 1.82) is 0 Å². The SMILES string of the molecule is O=C1N(c2cccc(Cl)c2)CCC12CCCCC2. The lowest BCUT2D eigenvalue weighted by Gasteiger charge is -2.31. The minimum atomic E-state index is -0.0550. The molecule has 96 valence electrons. The van der Waals surface area contributed by atoms with Crippen LogP contribution >= 0.6 is 11.6 Å². The zero-order chi connectivity index (χ0) is 12.6. The van der Waals surface area contributed by atoms with Crippen LogP contribution in [-0.2, 0) is 4.79 Å². The summed E-state index contributed by atoms with van der Waals surface area (Å²) in [6.45, 7) is 0.846. The van der Waals surface area contributed by atoms with Gasteiger partial charge in [0.25, 0.3) is 0 Å². The van der Waals surface area contributed by atoms with E-state index in [0.717, 1.165) is 31.5 Å². The lowest BCUT2D eigenvalue weighted by atomic mass is 9.73. The third kappa shape index (κ3) is 1.93. The molecular formula is C15H18ClNO. The predicted molar refractivity (Wildman–Crippen MR) is 73.9 cm³/mol. The van der Waals surface area contributed by atoms with Crippen molar-refractivity contribution in [2.75, 3.05) is 11.4 Å². The summed E-state index contributed by atoms with van der Waals surface area (Å²) in [6, 6.07) is 7.63. The highest BCUT2D eigenvalue weighted by Crippen LogP contribution is 2.45. The summed E-state index contributed by atoms with van der Waals surface area (Å²) in [5.41, 5.74) is 0.899. The Morgan fingerprint density at radius 1 is 1.11 bits per heavy atom. The predicted octanol–water partition coefficient (Wildman–Crippen LogP) is 4.03. The molecule has 1 aliphatic heterocycles. The third-order valence-electron chi connectivity index (χ3n) is 4.44. The zero-order valence-corrected chi connectivity index (χ0v) is 11.2. The first kappa shape index (κ1) is 12.0. The molecule has 0 N–H and O–H groups in total. The molecule has 0 bridgehead atoms. The number of carbonyl (C=O) groups excluding carboxylic acids is 1. The van der Waals surface area contributed by atoms with Crippen LogP contribution in [-0.4, -0.2) is 12.5 Å². The molecule has 0 radical (unpaired) electrons. The van der Waals surface area contributed by atoms with E-state index < -0.39 is 0 Å². The van der Waals surface area contributed by atoms with Crippen molar-refractivity contribution in [1.82, 2.24) is 0 Å². The third-order valence-corrected chi connectivity index (χ3v) is 4.68. The molecule has 1 aromatic carbocycles. The minimum absolute atomic E-state index is 0.0550. The van der Waals surface area contributed by atoms with Crippen LogP contribution in [0.4, 0.5) is 5.69 Å². The Morgan fingerprint density at radius 2 is 1.89 bits per heavy atom. The highest BCUT2D eigenvalue weighted by atomic mass is 35.5. The van der Waals surface area contributed by atoms with Gasteiger partial charge in [-0.15, -0.1) is 0 Å². The second-order valence-corrected chi connectivity index (χ2v) is 5.96. The van der Waals surface area contributed by atoms with E-state index in [1.807, 2.05) is 29.2 Å². The molecule has 3 heteroatoms. The van der Waals surface area contributed by atoms with E-state index >= 15 is 0 Å². The second kappa shape index (κ2) is 4.58. The Labute approximate surface area is 113 Å². The van der Waals surface area contributed by atoms with Gasteiger partial charge in [-0.2, -0.15) is 0 Å². The van der Waals surface area contributed by atoms with E-state index in [1.165, 1.54) is 19.3 Å². The van der Waals surface area contributed by atoms with Crippen LogP contribution in [0, 0.1) is 5.41 Å². The number of nitrogens with zero attached hydrogens (tertiary/aromatic N) is 1. The fourth-order valence-electron chi connectivity index (χ4n) is 3.40. The van der Waals surface area contributed by atoms with Crippen LogP contribution in [0.3, 0.4) is 0 Å². The number of rotatable bonds is 1. The first-order valence-electron chi connectivity index (χ1n) is 6.79. The van der Waals surface area contributed by atoms with Crippen LogP contribution in [0.2, 0.25) is 5.02 Å². The van der Waals surface area contributed by atoms with Gasteiger partial charge in [-0.3, -0.25) is 4.79 Å². The van der Waals surface area contributed by atoms with Gasteiger partial charge in [0.2, 0.25) is 5.91 Å². The van der Waals surface area contributed by atoms with Gasteiger partial charge in [0.15, 0.2) is 0 Å². The first-order valence-corrected chi connectivity index (χ1v) is 7.17. The van der Waals surface area contributed by atoms with Crippen molar-refractivity contribution in [2.45, 2.75) is 38.5 Å². The van der Waals surface area contributed by atoms with Crippen LogP contribution in [0.1, 0.15) is 38.5 Å². The van der Waals surface area contributed by atoms with Crippen molar-refractivity contribution >= 4 is 23.2 Å². The number of hydrogen-bond acceptors (Lipinski definition) is 1. The summed E-state index contributed by atoms with van der Waals surface area (Å²) in [4.78, 5) is 14.6. The molecule has 2 aliphatic rings. The van der Waals surface area contributed by atoms with Crippen molar-refractivity contribution in [3.8, 4) is 0 Å². The molecule has 0 aromatic heterocycles. The Balaban J connectivity index is 1.86. The minimum Gasteiger partial charge on any atom is -0.312 e. The molecule has 2 fully saturated rings. The maximum atomic E-state index is 12.7. The average molecular weight is 264 g/mol. The number of anilines is 1. The van der Waals surface area contributed by atoms with E-state index in [2.05, 4.69) is 0 Å². The lowest BCUT2D eigenvalue weighted by molar-refractivity contribution is -0.127. The molecule has 1 saturated heterocycles. The summed E-state index contributed by atoms with van der Waals surface area (Å²) in [7, 11) is 0.